The third-order valence-corrected chi connectivity index (χ3v) is 3.64. The van der Waals surface area contributed by atoms with Gasteiger partial charge in [0.25, 0.3) is 0 Å². The molecule has 0 saturated carbocycles. The first-order valence-electron chi connectivity index (χ1n) is 7.30. The van der Waals surface area contributed by atoms with Gasteiger partial charge in [-0.1, -0.05) is 12.1 Å². The van der Waals surface area contributed by atoms with Crippen molar-refractivity contribution in [3.63, 3.8) is 0 Å². The van der Waals surface area contributed by atoms with Gasteiger partial charge in [0.2, 0.25) is 11.0 Å². The molecule has 2 rings (SSSR count). The molecule has 7 nitrogen and oxygen atoms in total. The standard InChI is InChI=1S/C16H18N4O3S.BrH/c1-4-23-15(22)10(2)19-20-16-18-14(9-24-16)12-5-7-13(8-6-12)17-11(3)21;/h5-9H,4H2,1-3H3,(H,17,21)(H,18,20);1H. The summed E-state index contributed by atoms with van der Waals surface area (Å²) in [6.07, 6.45) is 0. The first-order chi connectivity index (χ1) is 11.5. The van der Waals surface area contributed by atoms with Gasteiger partial charge in [-0.2, -0.15) is 5.10 Å². The van der Waals surface area contributed by atoms with Gasteiger partial charge in [-0.3, -0.25) is 10.2 Å². The Morgan fingerprint density at radius 3 is 2.52 bits per heavy atom. The number of benzene rings is 1. The molecule has 25 heavy (non-hydrogen) atoms. The highest BCUT2D eigenvalue weighted by Crippen LogP contribution is 2.26. The number of esters is 1. The highest BCUT2D eigenvalue weighted by molar-refractivity contribution is 8.93. The second-order valence-corrected chi connectivity index (χ2v) is 5.68. The number of hydrogen-bond donors (Lipinski definition) is 2. The van der Waals surface area contributed by atoms with Gasteiger partial charge in [-0.15, -0.1) is 28.3 Å². The smallest absolute Gasteiger partial charge is 0.354 e. The number of hydrazone groups is 1. The topological polar surface area (TPSA) is 92.7 Å². The number of rotatable bonds is 6. The Morgan fingerprint density at radius 1 is 1.24 bits per heavy atom. The number of aromatic nitrogens is 1. The van der Waals surface area contributed by atoms with Crippen LogP contribution in [0.1, 0.15) is 20.8 Å². The molecule has 0 spiro atoms. The predicted molar refractivity (Wildman–Crippen MR) is 106 cm³/mol. The summed E-state index contributed by atoms with van der Waals surface area (Å²) >= 11 is 1.38. The maximum Gasteiger partial charge on any atom is 0.354 e. The maximum absolute atomic E-state index is 11.5. The third kappa shape index (κ3) is 6.28. The largest absolute Gasteiger partial charge is 0.461 e. The van der Waals surface area contributed by atoms with Crippen LogP contribution in [-0.4, -0.2) is 29.2 Å². The number of hydrogen-bond acceptors (Lipinski definition) is 7. The van der Waals surface area contributed by atoms with Crippen LogP contribution in [0.15, 0.2) is 34.7 Å². The number of nitrogens with one attached hydrogen (secondary N) is 2. The van der Waals surface area contributed by atoms with E-state index in [9.17, 15) is 9.59 Å². The first-order valence-corrected chi connectivity index (χ1v) is 8.18. The zero-order valence-corrected chi connectivity index (χ0v) is 16.6. The molecule has 1 aromatic carbocycles. The number of halogens is 1. The van der Waals surface area contributed by atoms with E-state index in [2.05, 4.69) is 20.8 Å². The molecule has 0 atom stereocenters. The van der Waals surface area contributed by atoms with Gasteiger partial charge in [0.05, 0.1) is 12.3 Å². The van der Waals surface area contributed by atoms with E-state index in [4.69, 9.17) is 4.74 Å². The maximum atomic E-state index is 11.5. The lowest BCUT2D eigenvalue weighted by Crippen LogP contribution is -2.15. The number of carbonyl (C=O) groups excluding carboxylic acids is 2. The van der Waals surface area contributed by atoms with Gasteiger partial charge in [-0.25, -0.2) is 9.78 Å². The summed E-state index contributed by atoms with van der Waals surface area (Å²) in [5.41, 5.74) is 5.40. The van der Waals surface area contributed by atoms with Gasteiger partial charge in [0.15, 0.2) is 0 Å². The van der Waals surface area contributed by atoms with Crippen LogP contribution >= 0.6 is 28.3 Å². The van der Waals surface area contributed by atoms with Crippen molar-refractivity contribution in [1.29, 1.82) is 0 Å². The summed E-state index contributed by atoms with van der Waals surface area (Å²) in [6.45, 7) is 5.08. The van der Waals surface area contributed by atoms with E-state index in [1.165, 1.54) is 18.3 Å². The normalized spacial score (nSPS) is 10.6. The van der Waals surface area contributed by atoms with Gasteiger partial charge < -0.3 is 10.1 Å². The van der Waals surface area contributed by atoms with Crippen LogP contribution in [0, 0.1) is 0 Å². The summed E-state index contributed by atoms with van der Waals surface area (Å²) in [5, 5.41) is 9.12. The lowest BCUT2D eigenvalue weighted by atomic mass is 10.1. The SMILES string of the molecule is Br.CCOC(=O)C(C)=NNc1nc(-c2ccc(NC(C)=O)cc2)cs1. The molecule has 0 aliphatic carbocycles. The lowest BCUT2D eigenvalue weighted by Gasteiger charge is -2.02. The van der Waals surface area contributed by atoms with E-state index in [0.717, 1.165) is 16.9 Å². The van der Waals surface area contributed by atoms with E-state index >= 15 is 0 Å². The average molecular weight is 427 g/mol. The molecule has 9 heteroatoms. The molecule has 1 aromatic heterocycles. The second-order valence-electron chi connectivity index (χ2n) is 4.83. The van der Waals surface area contributed by atoms with Crippen LogP contribution in [0.3, 0.4) is 0 Å². The zero-order chi connectivity index (χ0) is 17.5. The Morgan fingerprint density at radius 2 is 1.92 bits per heavy atom. The molecule has 0 radical (unpaired) electrons. The number of carbonyl (C=O) groups is 2. The van der Waals surface area contributed by atoms with E-state index in [0.29, 0.717) is 11.7 Å². The van der Waals surface area contributed by atoms with Crippen molar-refractivity contribution in [2.24, 2.45) is 5.10 Å². The fraction of sp³-hybridized carbons (Fsp3) is 0.250. The van der Waals surface area contributed by atoms with Crippen molar-refractivity contribution < 1.29 is 14.3 Å². The van der Waals surface area contributed by atoms with Gasteiger partial charge in [0.1, 0.15) is 5.71 Å². The van der Waals surface area contributed by atoms with Crippen molar-refractivity contribution in [2.75, 3.05) is 17.3 Å². The molecule has 2 N–H and O–H groups in total. The molecule has 0 aliphatic heterocycles. The quantitative estimate of drug-likeness (QED) is 0.417. The third-order valence-electron chi connectivity index (χ3n) is 2.90. The molecule has 0 fully saturated rings. The van der Waals surface area contributed by atoms with E-state index in [1.807, 2.05) is 29.6 Å². The zero-order valence-electron chi connectivity index (χ0n) is 14.0. The fourth-order valence-corrected chi connectivity index (χ4v) is 2.46. The van der Waals surface area contributed by atoms with Crippen molar-refractivity contribution in [1.82, 2.24) is 4.98 Å². The number of thiazole rings is 1. The lowest BCUT2D eigenvalue weighted by molar-refractivity contribution is -0.135. The minimum Gasteiger partial charge on any atom is -0.461 e. The predicted octanol–water partition coefficient (Wildman–Crippen LogP) is 3.70. The summed E-state index contributed by atoms with van der Waals surface area (Å²) < 4.78 is 4.85. The van der Waals surface area contributed by atoms with Gasteiger partial charge >= 0.3 is 5.97 Å². The molecule has 0 aliphatic rings. The molecule has 0 unspecified atom stereocenters. The molecular formula is C16H19BrN4O3S. The molecule has 134 valence electrons. The van der Waals surface area contributed by atoms with Crippen molar-refractivity contribution in [2.45, 2.75) is 20.8 Å². The Kier molecular flexibility index (Phi) is 8.23. The Labute approximate surface area is 160 Å². The van der Waals surface area contributed by atoms with Gasteiger partial charge in [-0.05, 0) is 26.0 Å². The van der Waals surface area contributed by atoms with Crippen LogP contribution < -0.4 is 10.7 Å². The summed E-state index contributed by atoms with van der Waals surface area (Å²) in [7, 11) is 0. The summed E-state index contributed by atoms with van der Waals surface area (Å²) in [6, 6.07) is 7.37. The van der Waals surface area contributed by atoms with Crippen LogP contribution in [0.5, 0.6) is 0 Å². The first kappa shape index (κ1) is 20.8. The van der Waals surface area contributed by atoms with Crippen LogP contribution in [0.2, 0.25) is 0 Å². The minimum atomic E-state index is -0.463. The van der Waals surface area contributed by atoms with Crippen LogP contribution in [0.25, 0.3) is 11.3 Å². The van der Waals surface area contributed by atoms with Crippen molar-refractivity contribution in [3.05, 3.63) is 29.6 Å². The van der Waals surface area contributed by atoms with Gasteiger partial charge in [0, 0.05) is 23.6 Å². The van der Waals surface area contributed by atoms with E-state index in [-0.39, 0.29) is 28.6 Å². The summed E-state index contributed by atoms with van der Waals surface area (Å²) in [5.74, 6) is -0.576. The molecule has 2 aromatic rings. The van der Waals surface area contributed by atoms with Crippen LogP contribution in [-0.2, 0) is 14.3 Å². The molecule has 1 amide bonds. The Hall–Kier alpha value is -2.26. The Bertz CT molecular complexity index is 759. The van der Waals surface area contributed by atoms with Crippen molar-refractivity contribution >= 4 is 56.7 Å². The van der Waals surface area contributed by atoms with Crippen molar-refractivity contribution in [3.8, 4) is 11.3 Å². The van der Waals surface area contributed by atoms with Crippen LogP contribution in [0.4, 0.5) is 10.8 Å². The molecule has 0 saturated heterocycles. The molecule has 1 heterocycles. The average Bonchev–Trinajstić information content (AvgIpc) is 3.02. The summed E-state index contributed by atoms with van der Waals surface area (Å²) in [4.78, 5) is 26.9. The highest BCUT2D eigenvalue weighted by Gasteiger charge is 2.08. The minimum absolute atomic E-state index is 0. The van der Waals surface area contributed by atoms with E-state index < -0.39 is 5.97 Å². The monoisotopic (exact) mass is 426 g/mol. The second kappa shape index (κ2) is 9.90. The number of ether oxygens (including phenoxy) is 1. The fourth-order valence-electron chi connectivity index (χ4n) is 1.80. The number of amides is 1. The molecule has 0 bridgehead atoms. The highest BCUT2D eigenvalue weighted by atomic mass is 79.9. The van der Waals surface area contributed by atoms with E-state index in [1.54, 1.807) is 13.8 Å². The molecular weight excluding hydrogens is 408 g/mol. The number of anilines is 2. The number of nitrogens with zero attached hydrogens (tertiary/aromatic N) is 2. The Balaban J connectivity index is 0.00000312.